The number of halogens is 1. The molecular formula is C17H19IN2O4. The summed E-state index contributed by atoms with van der Waals surface area (Å²) in [6, 6.07) is 9.23. The van der Waals surface area contributed by atoms with Crippen LogP contribution >= 0.6 is 22.6 Å². The number of hydrogen-bond acceptors (Lipinski definition) is 6. The van der Waals surface area contributed by atoms with E-state index in [0.29, 0.717) is 27.4 Å². The third kappa shape index (κ3) is 4.44. The van der Waals surface area contributed by atoms with Gasteiger partial charge in [0.1, 0.15) is 0 Å². The average Bonchev–Trinajstić information content (AvgIpc) is 2.61. The maximum absolute atomic E-state index is 9.82. The van der Waals surface area contributed by atoms with Gasteiger partial charge in [-0.3, -0.25) is 0 Å². The van der Waals surface area contributed by atoms with Crippen LogP contribution in [-0.2, 0) is 6.54 Å². The largest absolute Gasteiger partial charge is 0.504 e. The molecule has 2 rings (SSSR count). The SMILES string of the molecule is COc1ccc(CN/N=C/c2cc(I)c(O)c(OC)c2)cc1OC. The second-order valence-electron chi connectivity index (χ2n) is 4.84. The van der Waals surface area contributed by atoms with E-state index in [1.54, 1.807) is 26.5 Å². The molecule has 0 aromatic heterocycles. The van der Waals surface area contributed by atoms with Crippen LogP contribution in [0.25, 0.3) is 0 Å². The summed E-state index contributed by atoms with van der Waals surface area (Å²) in [6.45, 7) is 0.545. The Balaban J connectivity index is 2.01. The fraction of sp³-hybridized carbons (Fsp3) is 0.235. The monoisotopic (exact) mass is 442 g/mol. The summed E-state index contributed by atoms with van der Waals surface area (Å²) < 4.78 is 16.3. The van der Waals surface area contributed by atoms with E-state index in [1.165, 1.54) is 7.11 Å². The number of nitrogens with zero attached hydrogens (tertiary/aromatic N) is 1. The first-order valence-corrected chi connectivity index (χ1v) is 8.20. The lowest BCUT2D eigenvalue weighted by molar-refractivity contribution is 0.354. The summed E-state index contributed by atoms with van der Waals surface area (Å²) in [5, 5.41) is 14.0. The van der Waals surface area contributed by atoms with Crippen LogP contribution in [0.15, 0.2) is 35.4 Å². The molecule has 0 aliphatic carbocycles. The first kappa shape index (κ1) is 18.2. The number of hydrogen-bond donors (Lipinski definition) is 2. The predicted octanol–water partition coefficient (Wildman–Crippen LogP) is 3.15. The fourth-order valence-electron chi connectivity index (χ4n) is 2.07. The molecule has 0 aliphatic heterocycles. The van der Waals surface area contributed by atoms with Crippen molar-refractivity contribution in [2.24, 2.45) is 5.10 Å². The zero-order valence-corrected chi connectivity index (χ0v) is 15.8. The Labute approximate surface area is 154 Å². The minimum Gasteiger partial charge on any atom is -0.504 e. The van der Waals surface area contributed by atoms with Gasteiger partial charge in [-0.25, -0.2) is 0 Å². The van der Waals surface area contributed by atoms with E-state index in [9.17, 15) is 5.11 Å². The van der Waals surface area contributed by atoms with E-state index >= 15 is 0 Å². The van der Waals surface area contributed by atoms with E-state index in [4.69, 9.17) is 14.2 Å². The van der Waals surface area contributed by atoms with Crippen molar-refractivity contribution in [1.82, 2.24) is 5.43 Å². The molecule has 0 aliphatic rings. The van der Waals surface area contributed by atoms with Crippen LogP contribution in [-0.4, -0.2) is 32.7 Å². The minimum atomic E-state index is 0.133. The van der Waals surface area contributed by atoms with Gasteiger partial charge in [0.05, 0.1) is 37.7 Å². The van der Waals surface area contributed by atoms with E-state index in [1.807, 2.05) is 46.9 Å². The van der Waals surface area contributed by atoms with Crippen molar-refractivity contribution in [2.75, 3.05) is 21.3 Å². The number of nitrogens with one attached hydrogen (secondary N) is 1. The van der Waals surface area contributed by atoms with E-state index < -0.39 is 0 Å². The first-order valence-electron chi connectivity index (χ1n) is 7.12. The Morgan fingerprint density at radius 1 is 1.04 bits per heavy atom. The standard InChI is InChI=1S/C17H19IN2O4/c1-22-14-5-4-11(7-15(14)23-2)9-19-20-10-12-6-13(18)17(21)16(8-12)24-3/h4-8,10,19,21H,9H2,1-3H3/b20-10+. The number of methoxy groups -OCH3 is 3. The molecule has 0 unspecified atom stereocenters. The Morgan fingerprint density at radius 2 is 1.75 bits per heavy atom. The predicted molar refractivity (Wildman–Crippen MR) is 101 cm³/mol. The molecule has 0 bridgehead atoms. The maximum Gasteiger partial charge on any atom is 0.171 e. The van der Waals surface area contributed by atoms with Crippen molar-refractivity contribution >= 4 is 28.8 Å². The highest BCUT2D eigenvalue weighted by atomic mass is 127. The smallest absolute Gasteiger partial charge is 0.171 e. The zero-order chi connectivity index (χ0) is 17.5. The Hall–Kier alpha value is -2.16. The summed E-state index contributed by atoms with van der Waals surface area (Å²) in [5.41, 5.74) is 4.82. The van der Waals surface area contributed by atoms with Crippen molar-refractivity contribution < 1.29 is 19.3 Å². The molecule has 0 amide bonds. The molecule has 0 saturated carbocycles. The van der Waals surface area contributed by atoms with E-state index in [-0.39, 0.29) is 5.75 Å². The van der Waals surface area contributed by atoms with Gasteiger partial charge in [-0.2, -0.15) is 5.10 Å². The molecule has 6 nitrogen and oxygen atoms in total. The molecule has 0 saturated heterocycles. The third-order valence-electron chi connectivity index (χ3n) is 3.31. The molecule has 2 aromatic rings. The lowest BCUT2D eigenvalue weighted by atomic mass is 10.2. The number of aromatic hydroxyl groups is 1. The molecule has 128 valence electrons. The second-order valence-corrected chi connectivity index (χ2v) is 6.00. The third-order valence-corrected chi connectivity index (χ3v) is 4.13. The van der Waals surface area contributed by atoms with Crippen molar-refractivity contribution in [2.45, 2.75) is 6.54 Å². The van der Waals surface area contributed by atoms with Crippen molar-refractivity contribution in [3.8, 4) is 23.0 Å². The highest BCUT2D eigenvalue weighted by molar-refractivity contribution is 14.1. The summed E-state index contributed by atoms with van der Waals surface area (Å²) in [5.74, 6) is 1.92. The Morgan fingerprint density at radius 3 is 2.42 bits per heavy atom. The number of benzene rings is 2. The minimum absolute atomic E-state index is 0.133. The number of hydrazone groups is 1. The average molecular weight is 442 g/mol. The van der Waals surface area contributed by atoms with Gasteiger partial charge in [0.15, 0.2) is 23.0 Å². The van der Waals surface area contributed by atoms with Crippen LogP contribution in [0.3, 0.4) is 0 Å². The molecule has 0 spiro atoms. The zero-order valence-electron chi connectivity index (χ0n) is 13.7. The van der Waals surface area contributed by atoms with Crippen molar-refractivity contribution in [3.05, 3.63) is 45.0 Å². The number of rotatable bonds is 7. The lowest BCUT2D eigenvalue weighted by Crippen LogP contribution is -2.06. The summed E-state index contributed by atoms with van der Waals surface area (Å²) in [6.07, 6.45) is 1.67. The van der Waals surface area contributed by atoms with Gasteiger partial charge in [0, 0.05) is 0 Å². The quantitative estimate of drug-likeness (QED) is 0.392. The maximum atomic E-state index is 9.82. The van der Waals surface area contributed by atoms with Gasteiger partial charge in [-0.05, 0) is 58.0 Å². The highest BCUT2D eigenvalue weighted by Crippen LogP contribution is 2.31. The first-order chi connectivity index (χ1) is 11.6. The summed E-state index contributed by atoms with van der Waals surface area (Å²) in [4.78, 5) is 0. The van der Waals surface area contributed by atoms with Crippen LogP contribution in [0, 0.1) is 3.57 Å². The molecular weight excluding hydrogens is 423 g/mol. The molecule has 7 heteroatoms. The second kappa shape index (κ2) is 8.62. The number of phenols is 1. The van der Waals surface area contributed by atoms with Gasteiger partial charge >= 0.3 is 0 Å². The molecule has 2 N–H and O–H groups in total. The van der Waals surface area contributed by atoms with Crippen LogP contribution in [0.1, 0.15) is 11.1 Å². The van der Waals surface area contributed by atoms with Gasteiger partial charge in [-0.15, -0.1) is 0 Å². The lowest BCUT2D eigenvalue weighted by Gasteiger charge is -2.09. The van der Waals surface area contributed by atoms with Crippen LogP contribution in [0.2, 0.25) is 0 Å². The summed E-state index contributed by atoms with van der Waals surface area (Å²) >= 11 is 2.05. The Bertz CT molecular complexity index is 735. The number of ether oxygens (including phenoxy) is 3. The topological polar surface area (TPSA) is 72.3 Å². The fourth-order valence-corrected chi connectivity index (χ4v) is 2.70. The van der Waals surface area contributed by atoms with Crippen molar-refractivity contribution in [1.29, 1.82) is 0 Å². The van der Waals surface area contributed by atoms with Crippen LogP contribution in [0.5, 0.6) is 23.0 Å². The van der Waals surface area contributed by atoms with E-state index in [0.717, 1.165) is 11.1 Å². The van der Waals surface area contributed by atoms with Gasteiger partial charge in [0.2, 0.25) is 0 Å². The van der Waals surface area contributed by atoms with Gasteiger partial charge in [0.25, 0.3) is 0 Å². The van der Waals surface area contributed by atoms with Gasteiger partial charge < -0.3 is 24.7 Å². The Kier molecular flexibility index (Phi) is 6.53. The molecule has 2 aromatic carbocycles. The highest BCUT2D eigenvalue weighted by Gasteiger charge is 2.07. The molecule has 0 fully saturated rings. The van der Waals surface area contributed by atoms with Crippen LogP contribution < -0.4 is 19.6 Å². The van der Waals surface area contributed by atoms with E-state index in [2.05, 4.69) is 10.5 Å². The molecule has 24 heavy (non-hydrogen) atoms. The normalized spacial score (nSPS) is 10.7. The number of phenolic OH excluding ortho intramolecular Hbond substituents is 1. The molecule has 0 heterocycles. The van der Waals surface area contributed by atoms with Gasteiger partial charge in [-0.1, -0.05) is 6.07 Å². The molecule has 0 atom stereocenters. The molecule has 0 radical (unpaired) electrons. The van der Waals surface area contributed by atoms with Crippen LogP contribution in [0.4, 0.5) is 0 Å². The van der Waals surface area contributed by atoms with Crippen molar-refractivity contribution in [3.63, 3.8) is 0 Å². The summed E-state index contributed by atoms with van der Waals surface area (Å²) in [7, 11) is 4.72.